The molecule has 1 aliphatic rings. The number of sulfonamides is 1. The summed E-state index contributed by atoms with van der Waals surface area (Å²) >= 11 is 2.71. The molecule has 1 aromatic rings. The van der Waals surface area contributed by atoms with Crippen LogP contribution in [0.5, 0.6) is 0 Å². The predicted octanol–water partition coefficient (Wildman–Crippen LogP) is 2.47. The molecule has 0 spiro atoms. The fourth-order valence-corrected chi connectivity index (χ4v) is 3.97. The van der Waals surface area contributed by atoms with Gasteiger partial charge in [0, 0.05) is 4.47 Å². The van der Waals surface area contributed by atoms with Crippen molar-refractivity contribution in [3.8, 4) is 0 Å². The van der Waals surface area contributed by atoms with Crippen molar-refractivity contribution in [2.45, 2.75) is 36.7 Å². The summed E-state index contributed by atoms with van der Waals surface area (Å²) in [6.07, 6.45) is 2.57. The van der Waals surface area contributed by atoms with Crippen LogP contribution in [0.15, 0.2) is 15.4 Å². The first kappa shape index (κ1) is 16.3. The maximum absolute atomic E-state index is 14.2. The van der Waals surface area contributed by atoms with Gasteiger partial charge in [-0.05, 0) is 47.7 Å². The molecule has 116 valence electrons. The van der Waals surface area contributed by atoms with Gasteiger partial charge in [-0.15, -0.1) is 0 Å². The SMILES string of the molecule is NS(=O)(=O)c1c(Br)cc(F)c(C(=O)OC2CCCC2)c1F. The summed E-state index contributed by atoms with van der Waals surface area (Å²) in [5.41, 5.74) is -1.05. The molecule has 0 aromatic heterocycles. The minimum Gasteiger partial charge on any atom is -0.459 e. The van der Waals surface area contributed by atoms with Crippen molar-refractivity contribution < 1.29 is 26.7 Å². The maximum atomic E-state index is 14.2. The maximum Gasteiger partial charge on any atom is 0.344 e. The van der Waals surface area contributed by atoms with Crippen molar-refractivity contribution in [1.82, 2.24) is 0 Å². The number of carbonyl (C=O) groups is 1. The second-order valence-electron chi connectivity index (χ2n) is 4.72. The van der Waals surface area contributed by atoms with Gasteiger partial charge in [-0.3, -0.25) is 0 Å². The lowest BCUT2D eigenvalue weighted by molar-refractivity contribution is 0.0306. The van der Waals surface area contributed by atoms with Crippen LogP contribution < -0.4 is 5.14 Å². The van der Waals surface area contributed by atoms with Gasteiger partial charge in [0.25, 0.3) is 0 Å². The molecule has 2 rings (SSSR count). The molecule has 0 radical (unpaired) electrons. The summed E-state index contributed by atoms with van der Waals surface area (Å²) in [4.78, 5) is 10.9. The third-order valence-corrected chi connectivity index (χ3v) is 5.05. The number of halogens is 3. The van der Waals surface area contributed by atoms with E-state index in [-0.39, 0.29) is 0 Å². The van der Waals surface area contributed by atoms with Gasteiger partial charge < -0.3 is 4.74 Å². The Bertz CT molecular complexity index is 687. The third kappa shape index (κ3) is 3.41. The van der Waals surface area contributed by atoms with E-state index in [0.29, 0.717) is 18.9 Å². The average molecular weight is 384 g/mol. The Kier molecular flexibility index (Phi) is 4.64. The molecule has 21 heavy (non-hydrogen) atoms. The first-order valence-corrected chi connectivity index (χ1v) is 8.47. The summed E-state index contributed by atoms with van der Waals surface area (Å²) in [5, 5.41) is 4.87. The number of hydrogen-bond donors (Lipinski definition) is 1. The number of nitrogens with two attached hydrogens (primary N) is 1. The van der Waals surface area contributed by atoms with Gasteiger partial charge in [0.2, 0.25) is 10.0 Å². The zero-order valence-electron chi connectivity index (χ0n) is 10.7. The van der Waals surface area contributed by atoms with E-state index in [0.717, 1.165) is 12.8 Å². The van der Waals surface area contributed by atoms with Crippen molar-refractivity contribution in [3.05, 3.63) is 27.7 Å². The molecule has 0 unspecified atom stereocenters. The molecule has 5 nitrogen and oxygen atoms in total. The largest absolute Gasteiger partial charge is 0.459 e. The molecule has 1 saturated carbocycles. The van der Waals surface area contributed by atoms with Crippen molar-refractivity contribution >= 4 is 31.9 Å². The highest BCUT2D eigenvalue weighted by molar-refractivity contribution is 9.10. The highest BCUT2D eigenvalue weighted by atomic mass is 79.9. The van der Waals surface area contributed by atoms with E-state index >= 15 is 0 Å². The molecule has 0 aliphatic heterocycles. The predicted molar refractivity (Wildman–Crippen MR) is 73.1 cm³/mol. The normalized spacial score (nSPS) is 16.2. The molecule has 0 heterocycles. The van der Waals surface area contributed by atoms with Crippen LogP contribution in [0.4, 0.5) is 8.78 Å². The molecular weight excluding hydrogens is 372 g/mol. The summed E-state index contributed by atoms with van der Waals surface area (Å²) < 4.78 is 55.3. The standard InChI is InChI=1S/C12H12BrF2NO4S/c13-7-5-8(14)9(10(15)11(7)21(16,18)19)12(17)20-6-3-1-2-4-6/h5-6H,1-4H2,(H2,16,18,19). The van der Waals surface area contributed by atoms with Crippen LogP contribution in [0.25, 0.3) is 0 Å². The summed E-state index contributed by atoms with van der Waals surface area (Å²) in [5.74, 6) is -3.99. The van der Waals surface area contributed by atoms with E-state index < -0.39 is 48.7 Å². The first-order valence-electron chi connectivity index (χ1n) is 6.13. The molecule has 9 heteroatoms. The lowest BCUT2D eigenvalue weighted by atomic mass is 10.2. The van der Waals surface area contributed by atoms with Crippen LogP contribution >= 0.6 is 15.9 Å². The lowest BCUT2D eigenvalue weighted by Crippen LogP contribution is -2.21. The minimum atomic E-state index is -4.46. The van der Waals surface area contributed by atoms with Crippen molar-refractivity contribution in [2.24, 2.45) is 5.14 Å². The molecule has 1 aliphatic carbocycles. The second kappa shape index (κ2) is 5.98. The van der Waals surface area contributed by atoms with Crippen molar-refractivity contribution in [1.29, 1.82) is 0 Å². The lowest BCUT2D eigenvalue weighted by Gasteiger charge is -2.14. The highest BCUT2D eigenvalue weighted by Crippen LogP contribution is 2.30. The number of esters is 1. The van der Waals surface area contributed by atoms with Crippen LogP contribution in [-0.2, 0) is 14.8 Å². The van der Waals surface area contributed by atoms with Crippen LogP contribution in [0.1, 0.15) is 36.0 Å². The average Bonchev–Trinajstić information content (AvgIpc) is 2.78. The second-order valence-corrected chi connectivity index (χ2v) is 7.07. The number of rotatable bonds is 3. The van der Waals surface area contributed by atoms with E-state index in [1.165, 1.54) is 0 Å². The van der Waals surface area contributed by atoms with Crippen LogP contribution in [0.3, 0.4) is 0 Å². The Morgan fingerprint density at radius 3 is 2.43 bits per heavy atom. The van der Waals surface area contributed by atoms with Gasteiger partial charge >= 0.3 is 5.97 Å². The Hall–Kier alpha value is -1.06. The monoisotopic (exact) mass is 383 g/mol. The molecule has 1 aromatic carbocycles. The van der Waals surface area contributed by atoms with E-state index in [9.17, 15) is 22.0 Å². The first-order chi connectivity index (χ1) is 9.71. The smallest absolute Gasteiger partial charge is 0.344 e. The summed E-state index contributed by atoms with van der Waals surface area (Å²) in [7, 11) is -4.46. The van der Waals surface area contributed by atoms with E-state index in [1.807, 2.05) is 0 Å². The zero-order chi connectivity index (χ0) is 15.8. The van der Waals surface area contributed by atoms with Crippen LogP contribution in [0, 0.1) is 11.6 Å². The fourth-order valence-electron chi connectivity index (χ4n) is 2.24. The molecular formula is C12H12BrF2NO4S. The summed E-state index contributed by atoms with van der Waals surface area (Å²) in [6, 6.07) is 0.675. The van der Waals surface area contributed by atoms with Crippen molar-refractivity contribution in [3.63, 3.8) is 0 Å². The number of carbonyl (C=O) groups excluding carboxylic acids is 1. The number of primary sulfonamides is 1. The number of hydrogen-bond acceptors (Lipinski definition) is 4. The Balaban J connectivity index is 2.45. The highest BCUT2D eigenvalue weighted by Gasteiger charge is 2.31. The zero-order valence-corrected chi connectivity index (χ0v) is 13.1. The van der Waals surface area contributed by atoms with Gasteiger partial charge in [-0.25, -0.2) is 27.1 Å². The molecule has 0 saturated heterocycles. The topological polar surface area (TPSA) is 86.5 Å². The van der Waals surface area contributed by atoms with Crippen LogP contribution in [-0.4, -0.2) is 20.5 Å². The molecule has 0 amide bonds. The van der Waals surface area contributed by atoms with Gasteiger partial charge in [0.1, 0.15) is 22.4 Å². The Labute approximate surface area is 128 Å². The quantitative estimate of drug-likeness (QED) is 0.812. The minimum absolute atomic E-state index is 0.391. The van der Waals surface area contributed by atoms with Gasteiger partial charge in [0.05, 0.1) is 0 Å². The van der Waals surface area contributed by atoms with Crippen LogP contribution in [0.2, 0.25) is 0 Å². The molecule has 0 atom stereocenters. The molecule has 0 bridgehead atoms. The van der Waals surface area contributed by atoms with Gasteiger partial charge in [0.15, 0.2) is 5.82 Å². The fraction of sp³-hybridized carbons (Fsp3) is 0.417. The summed E-state index contributed by atoms with van der Waals surface area (Å²) in [6.45, 7) is 0. The van der Waals surface area contributed by atoms with Crippen molar-refractivity contribution in [2.75, 3.05) is 0 Å². The third-order valence-electron chi connectivity index (χ3n) is 3.19. The van der Waals surface area contributed by atoms with E-state index in [2.05, 4.69) is 15.9 Å². The Morgan fingerprint density at radius 1 is 1.33 bits per heavy atom. The number of benzene rings is 1. The van der Waals surface area contributed by atoms with Gasteiger partial charge in [-0.2, -0.15) is 0 Å². The Morgan fingerprint density at radius 2 is 1.90 bits per heavy atom. The molecule has 2 N–H and O–H groups in total. The van der Waals surface area contributed by atoms with E-state index in [1.54, 1.807) is 0 Å². The van der Waals surface area contributed by atoms with Gasteiger partial charge in [-0.1, -0.05) is 0 Å². The molecule has 1 fully saturated rings. The number of ether oxygens (including phenoxy) is 1. The van der Waals surface area contributed by atoms with E-state index in [4.69, 9.17) is 9.88 Å².